The number of fused-ring (bicyclic) bond motifs is 1. The Kier molecular flexibility index (Phi) is 3.62. The van der Waals surface area contributed by atoms with Crippen LogP contribution in [0.1, 0.15) is 37.3 Å². The largest absolute Gasteiger partial charge is 0.392 e. The van der Waals surface area contributed by atoms with E-state index >= 15 is 0 Å². The number of unbranched alkanes of at least 4 members (excludes halogenated alkanes) is 2. The number of hydrogen-bond donors (Lipinski definition) is 2. The Bertz CT molecular complexity index is 459. The molecule has 0 unspecified atom stereocenters. The Labute approximate surface area is 96.3 Å². The molecule has 0 atom stereocenters. The molecule has 0 bridgehead atoms. The highest BCUT2D eigenvalue weighted by Crippen LogP contribution is 2.20. The molecule has 1 aromatic heterocycles. The summed E-state index contributed by atoms with van der Waals surface area (Å²) in [6.45, 7) is 2.33. The highest BCUT2D eigenvalue weighted by molar-refractivity contribution is 5.83. The number of nitrogens with one attached hydrogen (secondary N) is 1. The maximum Gasteiger partial charge on any atom is 0.0702 e. The fourth-order valence-electron chi connectivity index (χ4n) is 2.09. The molecule has 0 aliphatic rings. The van der Waals surface area contributed by atoms with Crippen LogP contribution in [0.25, 0.3) is 10.9 Å². The summed E-state index contributed by atoms with van der Waals surface area (Å²) in [5.74, 6) is 0. The van der Waals surface area contributed by atoms with Gasteiger partial charge in [-0.15, -0.1) is 0 Å². The predicted octanol–water partition coefficient (Wildman–Crippen LogP) is 3.39. The number of benzene rings is 1. The van der Waals surface area contributed by atoms with Gasteiger partial charge in [0.15, 0.2) is 0 Å². The number of aromatic amines is 1. The zero-order valence-electron chi connectivity index (χ0n) is 9.79. The predicted molar refractivity (Wildman–Crippen MR) is 67.5 cm³/mol. The van der Waals surface area contributed by atoms with E-state index in [9.17, 15) is 5.11 Å². The lowest BCUT2D eigenvalue weighted by molar-refractivity contribution is 0.283. The van der Waals surface area contributed by atoms with Crippen LogP contribution in [-0.4, -0.2) is 10.1 Å². The average Bonchev–Trinajstić information content (AvgIpc) is 2.71. The van der Waals surface area contributed by atoms with E-state index in [1.165, 1.54) is 24.8 Å². The Morgan fingerprint density at radius 2 is 2.12 bits per heavy atom. The van der Waals surface area contributed by atoms with Crippen LogP contribution in [0.4, 0.5) is 0 Å². The van der Waals surface area contributed by atoms with Crippen LogP contribution in [0.5, 0.6) is 0 Å². The van der Waals surface area contributed by atoms with E-state index in [1.54, 1.807) is 0 Å². The number of aryl methyl sites for hydroxylation is 1. The third kappa shape index (κ3) is 2.27. The molecule has 1 heterocycles. The van der Waals surface area contributed by atoms with E-state index in [0.717, 1.165) is 22.9 Å². The minimum atomic E-state index is 0.110. The molecule has 2 aromatic rings. The van der Waals surface area contributed by atoms with Crippen LogP contribution in [0.2, 0.25) is 0 Å². The topological polar surface area (TPSA) is 36.0 Å². The van der Waals surface area contributed by atoms with Crippen LogP contribution in [0.15, 0.2) is 24.4 Å². The van der Waals surface area contributed by atoms with Crippen molar-refractivity contribution >= 4 is 10.9 Å². The molecule has 0 fully saturated rings. The van der Waals surface area contributed by atoms with Gasteiger partial charge in [-0.25, -0.2) is 0 Å². The lowest BCUT2D eigenvalue weighted by atomic mass is 10.0. The molecule has 86 valence electrons. The SMILES string of the molecule is CCCCCc1ccc2[nH]cc(CO)c2c1. The summed E-state index contributed by atoms with van der Waals surface area (Å²) >= 11 is 0. The van der Waals surface area contributed by atoms with Gasteiger partial charge in [0.05, 0.1) is 6.61 Å². The average molecular weight is 217 g/mol. The molecular formula is C14H19NO. The van der Waals surface area contributed by atoms with Crippen molar-refractivity contribution < 1.29 is 5.11 Å². The summed E-state index contributed by atoms with van der Waals surface area (Å²) in [5.41, 5.74) is 3.48. The number of aliphatic hydroxyl groups is 1. The van der Waals surface area contributed by atoms with Gasteiger partial charge in [-0.2, -0.15) is 0 Å². The van der Waals surface area contributed by atoms with Crippen molar-refractivity contribution in [1.82, 2.24) is 4.98 Å². The summed E-state index contributed by atoms with van der Waals surface area (Å²) < 4.78 is 0. The number of aliphatic hydroxyl groups excluding tert-OH is 1. The zero-order valence-corrected chi connectivity index (χ0v) is 9.79. The van der Waals surface area contributed by atoms with Gasteiger partial charge in [-0.05, 0) is 30.5 Å². The lowest BCUT2D eigenvalue weighted by Crippen LogP contribution is -1.86. The molecule has 0 aliphatic carbocycles. The zero-order chi connectivity index (χ0) is 11.4. The second-order valence-electron chi connectivity index (χ2n) is 4.31. The lowest BCUT2D eigenvalue weighted by Gasteiger charge is -2.02. The molecule has 1 aromatic carbocycles. The first-order valence-electron chi connectivity index (χ1n) is 6.05. The van der Waals surface area contributed by atoms with Gasteiger partial charge in [0.25, 0.3) is 0 Å². The number of rotatable bonds is 5. The van der Waals surface area contributed by atoms with Crippen molar-refractivity contribution in [3.8, 4) is 0 Å². The number of aromatic nitrogens is 1. The van der Waals surface area contributed by atoms with Gasteiger partial charge in [0.2, 0.25) is 0 Å². The molecule has 0 spiro atoms. The van der Waals surface area contributed by atoms with Crippen LogP contribution >= 0.6 is 0 Å². The normalized spacial score (nSPS) is 11.1. The van der Waals surface area contributed by atoms with E-state index in [4.69, 9.17) is 0 Å². The Balaban J connectivity index is 2.20. The Hall–Kier alpha value is -1.28. The highest BCUT2D eigenvalue weighted by atomic mass is 16.3. The summed E-state index contributed by atoms with van der Waals surface area (Å²) in [7, 11) is 0. The van der Waals surface area contributed by atoms with Gasteiger partial charge in [0, 0.05) is 22.7 Å². The molecule has 2 heteroatoms. The smallest absolute Gasteiger partial charge is 0.0702 e. The van der Waals surface area contributed by atoms with Crippen LogP contribution in [-0.2, 0) is 13.0 Å². The van der Waals surface area contributed by atoms with Gasteiger partial charge in [0.1, 0.15) is 0 Å². The summed E-state index contributed by atoms with van der Waals surface area (Å²) in [6, 6.07) is 6.48. The maximum absolute atomic E-state index is 9.21. The first kappa shape index (κ1) is 11.2. The monoisotopic (exact) mass is 217 g/mol. The molecule has 2 rings (SSSR count). The Morgan fingerprint density at radius 1 is 1.25 bits per heavy atom. The Morgan fingerprint density at radius 3 is 2.88 bits per heavy atom. The van der Waals surface area contributed by atoms with Crippen molar-refractivity contribution in [2.75, 3.05) is 0 Å². The van der Waals surface area contributed by atoms with E-state index in [2.05, 4.69) is 30.1 Å². The number of H-pyrrole nitrogens is 1. The fraction of sp³-hybridized carbons (Fsp3) is 0.429. The van der Waals surface area contributed by atoms with E-state index in [-0.39, 0.29) is 6.61 Å². The van der Waals surface area contributed by atoms with E-state index in [1.807, 2.05) is 6.20 Å². The summed E-state index contributed by atoms with van der Waals surface area (Å²) in [5, 5.41) is 10.4. The van der Waals surface area contributed by atoms with Gasteiger partial charge in [-0.3, -0.25) is 0 Å². The van der Waals surface area contributed by atoms with Crippen molar-refractivity contribution in [3.63, 3.8) is 0 Å². The second-order valence-corrected chi connectivity index (χ2v) is 4.31. The first-order valence-corrected chi connectivity index (χ1v) is 6.05. The fourth-order valence-corrected chi connectivity index (χ4v) is 2.09. The van der Waals surface area contributed by atoms with Crippen LogP contribution in [0.3, 0.4) is 0 Å². The first-order chi connectivity index (χ1) is 7.85. The van der Waals surface area contributed by atoms with Crippen molar-refractivity contribution in [3.05, 3.63) is 35.5 Å². The number of hydrogen-bond acceptors (Lipinski definition) is 1. The third-order valence-corrected chi connectivity index (χ3v) is 3.07. The van der Waals surface area contributed by atoms with Crippen molar-refractivity contribution in [1.29, 1.82) is 0 Å². The van der Waals surface area contributed by atoms with Gasteiger partial charge in [-0.1, -0.05) is 25.8 Å². The van der Waals surface area contributed by atoms with Crippen LogP contribution < -0.4 is 0 Å². The molecule has 0 saturated heterocycles. The quantitative estimate of drug-likeness (QED) is 0.740. The molecule has 0 saturated carbocycles. The molecular weight excluding hydrogens is 198 g/mol. The molecule has 0 aliphatic heterocycles. The van der Waals surface area contributed by atoms with Crippen molar-refractivity contribution in [2.45, 2.75) is 39.2 Å². The van der Waals surface area contributed by atoms with E-state index < -0.39 is 0 Å². The molecule has 2 nitrogen and oxygen atoms in total. The van der Waals surface area contributed by atoms with Gasteiger partial charge < -0.3 is 10.1 Å². The van der Waals surface area contributed by atoms with E-state index in [0.29, 0.717) is 0 Å². The minimum Gasteiger partial charge on any atom is -0.392 e. The minimum absolute atomic E-state index is 0.110. The molecule has 16 heavy (non-hydrogen) atoms. The summed E-state index contributed by atoms with van der Waals surface area (Å²) in [6.07, 6.45) is 6.83. The highest BCUT2D eigenvalue weighted by Gasteiger charge is 2.03. The molecule has 0 radical (unpaired) electrons. The summed E-state index contributed by atoms with van der Waals surface area (Å²) in [4.78, 5) is 3.17. The van der Waals surface area contributed by atoms with Gasteiger partial charge >= 0.3 is 0 Å². The van der Waals surface area contributed by atoms with Crippen LogP contribution in [0, 0.1) is 0 Å². The second kappa shape index (κ2) is 5.17. The van der Waals surface area contributed by atoms with Crippen molar-refractivity contribution in [2.24, 2.45) is 0 Å². The molecule has 0 amide bonds. The maximum atomic E-state index is 9.21. The molecule has 2 N–H and O–H groups in total. The standard InChI is InChI=1S/C14H19NO/c1-2-3-4-5-11-6-7-14-13(8-11)12(10-16)9-15-14/h6-9,15-16H,2-5,10H2,1H3. The third-order valence-electron chi connectivity index (χ3n) is 3.07.